The zero-order valence-electron chi connectivity index (χ0n) is 25.6. The van der Waals surface area contributed by atoms with Gasteiger partial charge < -0.3 is 26.2 Å². The molecule has 42 heavy (non-hydrogen) atoms. The van der Waals surface area contributed by atoms with E-state index < -0.39 is 11.2 Å². The number of hydrogen-bond donors (Lipinski definition) is 3. The first-order valence-electron chi connectivity index (χ1n) is 15.3. The lowest BCUT2D eigenvalue weighted by Crippen LogP contribution is -2.58. The van der Waals surface area contributed by atoms with Gasteiger partial charge in [-0.2, -0.15) is 4.98 Å². The predicted octanol–water partition coefficient (Wildman–Crippen LogP) is 2.42. The maximum Gasteiger partial charge on any atom is 0.354 e. The van der Waals surface area contributed by atoms with Gasteiger partial charge in [-0.1, -0.05) is 25.5 Å². The zero-order valence-corrected chi connectivity index (χ0v) is 25.6. The Morgan fingerprint density at radius 1 is 1.10 bits per heavy atom. The molecule has 1 aromatic heterocycles. The minimum Gasteiger partial charge on any atom is -0.338 e. The number of piperazine rings is 1. The lowest BCUT2D eigenvalue weighted by Gasteiger charge is -2.37. The van der Waals surface area contributed by atoms with Gasteiger partial charge in [-0.15, -0.1) is 0 Å². The van der Waals surface area contributed by atoms with Crippen molar-refractivity contribution in [1.29, 1.82) is 0 Å². The van der Waals surface area contributed by atoms with Gasteiger partial charge in [-0.25, -0.2) is 9.59 Å². The number of carbonyl (C=O) groups is 2. The number of aromatic nitrogens is 2. The fourth-order valence-corrected chi connectivity index (χ4v) is 6.09. The molecule has 2 heterocycles. The van der Waals surface area contributed by atoms with E-state index in [1.807, 2.05) is 12.1 Å². The number of benzene rings is 1. The van der Waals surface area contributed by atoms with Gasteiger partial charge in [0, 0.05) is 51.0 Å². The van der Waals surface area contributed by atoms with Crippen LogP contribution < -0.4 is 22.5 Å². The maximum atomic E-state index is 12.8. The Kier molecular flexibility index (Phi) is 10.4. The molecule has 2 aliphatic rings. The van der Waals surface area contributed by atoms with Crippen LogP contribution in [0.25, 0.3) is 5.69 Å². The average Bonchev–Trinajstić information content (AvgIpc) is 2.95. The minimum absolute atomic E-state index is 0.140. The van der Waals surface area contributed by atoms with Gasteiger partial charge in [-0.3, -0.25) is 14.7 Å². The molecule has 1 saturated heterocycles. The molecule has 230 valence electrons. The van der Waals surface area contributed by atoms with E-state index in [4.69, 9.17) is 11.5 Å². The number of anilines is 1. The van der Waals surface area contributed by atoms with Gasteiger partial charge in [0.1, 0.15) is 5.82 Å². The van der Waals surface area contributed by atoms with Crippen molar-refractivity contribution in [3.05, 3.63) is 52.6 Å². The third-order valence-electron chi connectivity index (χ3n) is 8.54. The summed E-state index contributed by atoms with van der Waals surface area (Å²) in [6.07, 6.45) is 7.32. The second kappa shape index (κ2) is 13.8. The smallest absolute Gasteiger partial charge is 0.338 e. The van der Waals surface area contributed by atoms with Crippen LogP contribution in [0.15, 0.2) is 41.3 Å². The quantitative estimate of drug-likeness (QED) is 0.413. The largest absolute Gasteiger partial charge is 0.354 e. The van der Waals surface area contributed by atoms with E-state index in [0.29, 0.717) is 49.9 Å². The Balaban J connectivity index is 1.31. The predicted molar refractivity (Wildman–Crippen MR) is 166 cm³/mol. The molecular formula is C31H48N8O3. The molecule has 0 spiro atoms. The van der Waals surface area contributed by atoms with Gasteiger partial charge in [0.05, 0.1) is 11.2 Å². The Bertz CT molecular complexity index is 1260. The Labute approximate surface area is 249 Å². The van der Waals surface area contributed by atoms with Crippen LogP contribution in [0.1, 0.15) is 58.9 Å². The summed E-state index contributed by atoms with van der Waals surface area (Å²) < 4.78 is 1.46. The third-order valence-corrected chi connectivity index (χ3v) is 8.54. The van der Waals surface area contributed by atoms with Crippen LogP contribution in [0.5, 0.6) is 0 Å². The summed E-state index contributed by atoms with van der Waals surface area (Å²) in [4.78, 5) is 47.9. The van der Waals surface area contributed by atoms with Crippen LogP contribution in [-0.4, -0.2) is 93.1 Å². The first kappa shape index (κ1) is 31.7. The highest BCUT2D eigenvalue weighted by Gasteiger charge is 2.31. The average molecular weight is 581 g/mol. The Morgan fingerprint density at radius 2 is 1.76 bits per heavy atom. The molecular weight excluding hydrogens is 532 g/mol. The van der Waals surface area contributed by atoms with Gasteiger partial charge >= 0.3 is 11.7 Å². The number of amides is 3. The second-order valence-electron chi connectivity index (χ2n) is 12.5. The Morgan fingerprint density at radius 3 is 2.36 bits per heavy atom. The van der Waals surface area contributed by atoms with Crippen molar-refractivity contribution in [3.63, 3.8) is 0 Å². The maximum absolute atomic E-state index is 12.8. The molecule has 1 aliphatic heterocycles. The van der Waals surface area contributed by atoms with Crippen molar-refractivity contribution in [1.82, 2.24) is 24.3 Å². The van der Waals surface area contributed by atoms with E-state index >= 15 is 0 Å². The van der Waals surface area contributed by atoms with Crippen molar-refractivity contribution in [2.24, 2.45) is 17.4 Å². The minimum atomic E-state index is -0.947. The monoisotopic (exact) mass is 580 g/mol. The summed E-state index contributed by atoms with van der Waals surface area (Å²) >= 11 is 0. The van der Waals surface area contributed by atoms with Crippen LogP contribution in [-0.2, 0) is 11.2 Å². The standard InChI is InChI=1S/C31H48N8O3/c1-5-36(21-24-7-6-8-25(32)20-24)22(2)19-23-9-11-26(12-10-23)39-14-13-27(35-30(39)42)34-29(41)38-17-15-37(16-18-38)28(40)31(3,4)33/h9-14,22,24-25H,5-8,15-21,32-33H2,1-4H3,(H,34,35,41,42)/t22?,24-,25-/m0/s1. The molecule has 5 N–H and O–H groups in total. The van der Waals surface area contributed by atoms with E-state index in [0.717, 1.165) is 32.4 Å². The van der Waals surface area contributed by atoms with Crippen LogP contribution >= 0.6 is 0 Å². The molecule has 1 saturated carbocycles. The van der Waals surface area contributed by atoms with E-state index in [9.17, 15) is 14.4 Å². The highest BCUT2D eigenvalue weighted by Crippen LogP contribution is 2.25. The number of nitrogens with one attached hydrogen (secondary N) is 1. The van der Waals surface area contributed by atoms with E-state index in [-0.39, 0.29) is 17.8 Å². The van der Waals surface area contributed by atoms with Gasteiger partial charge in [-0.05, 0) is 82.7 Å². The normalized spacial score (nSPS) is 20.5. The van der Waals surface area contributed by atoms with Crippen molar-refractivity contribution >= 4 is 17.8 Å². The molecule has 1 unspecified atom stereocenters. The number of nitrogens with zero attached hydrogens (tertiary/aromatic N) is 5. The van der Waals surface area contributed by atoms with E-state index in [1.165, 1.54) is 23.0 Å². The van der Waals surface area contributed by atoms with Gasteiger partial charge in [0.2, 0.25) is 5.91 Å². The van der Waals surface area contributed by atoms with E-state index in [2.05, 4.69) is 41.2 Å². The van der Waals surface area contributed by atoms with Gasteiger partial charge in [0.15, 0.2) is 0 Å². The van der Waals surface area contributed by atoms with E-state index in [1.54, 1.807) is 35.9 Å². The molecule has 1 aromatic carbocycles. The van der Waals surface area contributed by atoms with Crippen molar-refractivity contribution in [3.8, 4) is 5.69 Å². The van der Waals surface area contributed by atoms with Crippen LogP contribution in [0.4, 0.5) is 10.6 Å². The van der Waals surface area contributed by atoms with Crippen LogP contribution in [0.2, 0.25) is 0 Å². The lowest BCUT2D eigenvalue weighted by molar-refractivity contribution is -0.137. The highest BCUT2D eigenvalue weighted by molar-refractivity contribution is 5.89. The fraction of sp³-hybridized carbons (Fsp3) is 0.613. The van der Waals surface area contributed by atoms with Crippen LogP contribution in [0, 0.1) is 5.92 Å². The summed E-state index contributed by atoms with van der Waals surface area (Å²) in [6.45, 7) is 11.5. The fourth-order valence-electron chi connectivity index (χ4n) is 6.09. The van der Waals surface area contributed by atoms with Crippen molar-refractivity contribution < 1.29 is 9.59 Å². The molecule has 0 radical (unpaired) electrons. The molecule has 1 aliphatic carbocycles. The lowest BCUT2D eigenvalue weighted by atomic mass is 9.85. The molecule has 2 aromatic rings. The molecule has 3 amide bonds. The Hall–Kier alpha value is -3.28. The number of urea groups is 1. The summed E-state index contributed by atoms with van der Waals surface area (Å²) in [7, 11) is 0. The molecule has 2 fully saturated rings. The molecule has 3 atom stereocenters. The zero-order chi connectivity index (χ0) is 30.4. The summed E-state index contributed by atoms with van der Waals surface area (Å²) in [5.74, 6) is 0.723. The second-order valence-corrected chi connectivity index (χ2v) is 12.5. The van der Waals surface area contributed by atoms with Gasteiger partial charge in [0.25, 0.3) is 0 Å². The summed E-state index contributed by atoms with van der Waals surface area (Å²) in [5.41, 5.74) is 12.6. The molecule has 0 bridgehead atoms. The summed E-state index contributed by atoms with van der Waals surface area (Å²) in [6, 6.07) is 10.0. The van der Waals surface area contributed by atoms with Crippen molar-refractivity contribution in [2.45, 2.75) is 77.4 Å². The SMILES string of the molecule is CCN(C[C@H]1CCC[C@H](N)C1)C(C)Cc1ccc(-n2ccc(NC(=O)N3CCN(C(=O)C(C)(C)N)CC3)nc2=O)cc1. The first-order valence-corrected chi connectivity index (χ1v) is 15.3. The topological polar surface area (TPSA) is 143 Å². The molecule has 11 heteroatoms. The summed E-state index contributed by atoms with van der Waals surface area (Å²) in [5, 5.41) is 2.71. The van der Waals surface area contributed by atoms with Crippen molar-refractivity contribution in [2.75, 3.05) is 44.6 Å². The molecule has 11 nitrogen and oxygen atoms in total. The highest BCUT2D eigenvalue weighted by atomic mass is 16.2. The number of likely N-dealkylation sites (N-methyl/N-ethyl adjacent to an activating group) is 1. The van der Waals surface area contributed by atoms with Crippen LogP contribution in [0.3, 0.4) is 0 Å². The number of hydrogen-bond acceptors (Lipinski definition) is 7. The number of nitrogens with two attached hydrogens (primary N) is 2. The number of carbonyl (C=O) groups excluding carboxylic acids is 2. The number of rotatable bonds is 9. The third kappa shape index (κ3) is 8.17. The molecule has 4 rings (SSSR count). The first-order chi connectivity index (χ1) is 19.9.